The fraction of sp³-hybridized carbons (Fsp3) is 0.789. The molecular formula is C19H29N3O4S2. The van der Waals surface area contributed by atoms with Crippen LogP contribution in [0.4, 0.5) is 0 Å². The van der Waals surface area contributed by atoms with E-state index < -0.39 is 18.0 Å². The van der Waals surface area contributed by atoms with Crippen molar-refractivity contribution < 1.29 is 19.8 Å². The largest absolute Gasteiger partial charge is 0.477 e. The van der Waals surface area contributed by atoms with Gasteiger partial charge in [0.1, 0.15) is 5.70 Å². The number of amides is 1. The van der Waals surface area contributed by atoms with Crippen LogP contribution in [0.5, 0.6) is 0 Å². The highest BCUT2D eigenvalue weighted by atomic mass is 32.2. The van der Waals surface area contributed by atoms with Crippen molar-refractivity contribution in [1.82, 2.24) is 15.1 Å². The molecule has 0 spiro atoms. The Morgan fingerprint density at radius 1 is 1.46 bits per heavy atom. The predicted octanol–water partition coefficient (Wildman–Crippen LogP) is 0.653. The number of carbonyl (C=O) groups excluding carboxylic acids is 1. The summed E-state index contributed by atoms with van der Waals surface area (Å²) in [5.41, 5.74) is 0.148. The van der Waals surface area contributed by atoms with Gasteiger partial charge in [0, 0.05) is 53.3 Å². The topological polar surface area (TPSA) is 93.1 Å². The van der Waals surface area contributed by atoms with Crippen molar-refractivity contribution in [1.29, 1.82) is 0 Å². The first-order valence-electron chi connectivity index (χ1n) is 10.1. The Morgan fingerprint density at radius 2 is 2.25 bits per heavy atom. The SMILES string of the molecule is C[C@@H](O)[C@H]1C(=O)N2C(C(=O)O)=C(S[C@@H]3CCN(CC4CNCCS4)C3)[C@H](C)[C@H]12. The molecule has 9 heteroatoms. The van der Waals surface area contributed by atoms with E-state index in [9.17, 15) is 19.8 Å². The molecule has 0 aromatic heterocycles. The number of β-lactam (4-membered cyclic amide) rings is 1. The fourth-order valence-corrected chi connectivity index (χ4v) is 7.61. The zero-order valence-corrected chi connectivity index (χ0v) is 18.0. The minimum absolute atomic E-state index is 0.0412. The molecule has 3 N–H and O–H groups in total. The normalized spacial score (nSPS) is 37.2. The van der Waals surface area contributed by atoms with Gasteiger partial charge in [0.05, 0.1) is 18.1 Å². The molecule has 7 nitrogen and oxygen atoms in total. The van der Waals surface area contributed by atoms with E-state index in [-0.39, 0.29) is 23.6 Å². The molecule has 0 saturated carbocycles. The van der Waals surface area contributed by atoms with Crippen LogP contribution in [0.1, 0.15) is 20.3 Å². The smallest absolute Gasteiger partial charge is 0.353 e. The van der Waals surface area contributed by atoms with Crippen LogP contribution in [0.3, 0.4) is 0 Å². The fourth-order valence-electron chi connectivity index (χ4n) is 4.94. The van der Waals surface area contributed by atoms with Gasteiger partial charge < -0.3 is 25.3 Å². The Morgan fingerprint density at radius 3 is 2.89 bits per heavy atom. The monoisotopic (exact) mass is 427 g/mol. The summed E-state index contributed by atoms with van der Waals surface area (Å²) in [5, 5.41) is 24.2. The van der Waals surface area contributed by atoms with Crippen LogP contribution < -0.4 is 5.32 Å². The summed E-state index contributed by atoms with van der Waals surface area (Å²) in [7, 11) is 0. The zero-order chi connectivity index (χ0) is 20.0. The Bertz CT molecular complexity index is 680. The summed E-state index contributed by atoms with van der Waals surface area (Å²) >= 11 is 3.68. The number of carboxylic acid groups (broad SMARTS) is 1. The third kappa shape index (κ3) is 3.60. The maximum absolute atomic E-state index is 12.4. The average molecular weight is 428 g/mol. The number of nitrogens with zero attached hydrogens (tertiary/aromatic N) is 2. The van der Waals surface area contributed by atoms with E-state index in [2.05, 4.69) is 10.2 Å². The van der Waals surface area contributed by atoms with E-state index >= 15 is 0 Å². The summed E-state index contributed by atoms with van der Waals surface area (Å²) in [6.45, 7) is 8.84. The highest BCUT2D eigenvalue weighted by Gasteiger charge is 2.60. The molecule has 4 rings (SSSR count). The lowest BCUT2D eigenvalue weighted by atomic mass is 9.79. The molecule has 0 aromatic rings. The molecule has 28 heavy (non-hydrogen) atoms. The standard InChI is InChI=1S/C19H29N3O4S2/c1-10-15-14(11(2)23)18(24)22(15)16(19(25)26)17(10)28-12-3-5-21(8-12)9-13-7-20-4-6-27-13/h10-15,20,23H,3-9H2,1-2H3,(H,25,26)/t10-,11-,12-,13?,14-,15-/m1/s1. The van der Waals surface area contributed by atoms with Crippen molar-refractivity contribution in [3.05, 3.63) is 10.6 Å². The number of rotatable bonds is 6. The maximum Gasteiger partial charge on any atom is 0.353 e. The number of hydrogen-bond donors (Lipinski definition) is 3. The van der Waals surface area contributed by atoms with Crippen LogP contribution in [0, 0.1) is 11.8 Å². The average Bonchev–Trinajstić information content (AvgIpc) is 3.17. The van der Waals surface area contributed by atoms with Gasteiger partial charge in [-0.25, -0.2) is 4.79 Å². The van der Waals surface area contributed by atoms with Crippen LogP contribution in [-0.2, 0) is 9.59 Å². The number of fused-ring (bicyclic) bond motifs is 1. The molecule has 0 aliphatic carbocycles. The Kier molecular flexibility index (Phi) is 6.00. The van der Waals surface area contributed by atoms with Crippen molar-refractivity contribution in [2.24, 2.45) is 11.8 Å². The zero-order valence-electron chi connectivity index (χ0n) is 16.3. The number of carbonyl (C=O) groups is 2. The lowest BCUT2D eigenvalue weighted by molar-refractivity contribution is -0.163. The lowest BCUT2D eigenvalue weighted by Crippen LogP contribution is -2.63. The number of aliphatic hydroxyl groups is 1. The first-order valence-corrected chi connectivity index (χ1v) is 12.0. The molecule has 1 amide bonds. The third-order valence-electron chi connectivity index (χ3n) is 6.30. The van der Waals surface area contributed by atoms with E-state index in [0.717, 1.165) is 44.0 Å². The molecular weight excluding hydrogens is 398 g/mol. The molecule has 6 atom stereocenters. The Hall–Kier alpha value is -0.740. The van der Waals surface area contributed by atoms with Gasteiger partial charge in [-0.1, -0.05) is 6.92 Å². The molecule has 3 saturated heterocycles. The number of likely N-dealkylation sites (tertiary alicyclic amines) is 1. The number of carboxylic acids is 1. The second-order valence-corrected chi connectivity index (χ2v) is 11.0. The van der Waals surface area contributed by atoms with E-state index in [4.69, 9.17) is 0 Å². The molecule has 156 valence electrons. The van der Waals surface area contributed by atoms with Crippen LogP contribution in [0.25, 0.3) is 0 Å². The molecule has 0 bridgehead atoms. The van der Waals surface area contributed by atoms with Gasteiger partial charge in [-0.15, -0.1) is 11.8 Å². The molecule has 3 fully saturated rings. The van der Waals surface area contributed by atoms with Crippen molar-refractivity contribution in [3.8, 4) is 0 Å². The Balaban J connectivity index is 1.42. The predicted molar refractivity (Wildman–Crippen MR) is 111 cm³/mol. The summed E-state index contributed by atoms with van der Waals surface area (Å²) in [5.74, 6) is -0.652. The van der Waals surface area contributed by atoms with Crippen molar-refractivity contribution in [3.63, 3.8) is 0 Å². The summed E-state index contributed by atoms with van der Waals surface area (Å²) in [6, 6.07) is -0.219. The van der Waals surface area contributed by atoms with Gasteiger partial charge in [-0.05, 0) is 19.9 Å². The van der Waals surface area contributed by atoms with Crippen molar-refractivity contribution in [2.75, 3.05) is 38.5 Å². The first-order chi connectivity index (χ1) is 13.4. The van der Waals surface area contributed by atoms with Crippen LogP contribution in [-0.4, -0.2) is 93.0 Å². The molecule has 0 aromatic carbocycles. The van der Waals surface area contributed by atoms with E-state index in [1.165, 1.54) is 10.7 Å². The summed E-state index contributed by atoms with van der Waals surface area (Å²) in [6.07, 6.45) is 0.288. The first kappa shape index (κ1) is 20.5. The van der Waals surface area contributed by atoms with Crippen molar-refractivity contribution >= 4 is 35.4 Å². The summed E-state index contributed by atoms with van der Waals surface area (Å²) < 4.78 is 0. The number of nitrogens with one attached hydrogen (secondary N) is 1. The number of aliphatic carboxylic acids is 1. The highest BCUT2D eigenvalue weighted by molar-refractivity contribution is 8.03. The molecule has 0 radical (unpaired) electrons. The molecule has 1 unspecified atom stereocenters. The van der Waals surface area contributed by atoms with Crippen LogP contribution in [0.15, 0.2) is 10.6 Å². The van der Waals surface area contributed by atoms with Gasteiger partial charge in [0.15, 0.2) is 0 Å². The van der Waals surface area contributed by atoms with E-state index in [1.54, 1.807) is 18.7 Å². The molecule has 4 heterocycles. The number of hydrogen-bond acceptors (Lipinski definition) is 7. The van der Waals surface area contributed by atoms with E-state index in [0.29, 0.717) is 10.5 Å². The third-order valence-corrected chi connectivity index (χ3v) is 9.06. The van der Waals surface area contributed by atoms with Gasteiger partial charge in [0.2, 0.25) is 5.91 Å². The second kappa shape index (κ2) is 8.18. The number of thioether (sulfide) groups is 2. The van der Waals surface area contributed by atoms with Crippen LogP contribution >= 0.6 is 23.5 Å². The quantitative estimate of drug-likeness (QED) is 0.532. The van der Waals surface area contributed by atoms with Crippen LogP contribution in [0.2, 0.25) is 0 Å². The molecule has 4 aliphatic rings. The molecule has 4 aliphatic heterocycles. The van der Waals surface area contributed by atoms with Gasteiger partial charge in [-0.2, -0.15) is 11.8 Å². The second-order valence-electron chi connectivity index (χ2n) is 8.26. The lowest BCUT2D eigenvalue weighted by Gasteiger charge is -2.46. The Labute approximate surface area is 174 Å². The maximum atomic E-state index is 12.4. The highest BCUT2D eigenvalue weighted by Crippen LogP contribution is 2.51. The van der Waals surface area contributed by atoms with Gasteiger partial charge in [-0.3, -0.25) is 4.79 Å². The van der Waals surface area contributed by atoms with E-state index in [1.807, 2.05) is 18.7 Å². The minimum atomic E-state index is -1.03. The summed E-state index contributed by atoms with van der Waals surface area (Å²) in [4.78, 5) is 29.1. The van der Waals surface area contributed by atoms with Gasteiger partial charge in [0.25, 0.3) is 0 Å². The number of aliphatic hydroxyl groups excluding tert-OH is 1. The minimum Gasteiger partial charge on any atom is -0.477 e. The van der Waals surface area contributed by atoms with Crippen molar-refractivity contribution in [2.45, 2.75) is 42.9 Å². The van der Waals surface area contributed by atoms with Gasteiger partial charge >= 0.3 is 5.97 Å².